The SMILES string of the molecule is CC(=CC(=S)Nc1ccccc1)NC(C)C. The molecule has 2 nitrogen and oxygen atoms in total. The van der Waals surface area contributed by atoms with Crippen LogP contribution in [0.5, 0.6) is 0 Å². The van der Waals surface area contributed by atoms with Crippen molar-refractivity contribution in [1.82, 2.24) is 5.32 Å². The average molecular weight is 234 g/mol. The molecule has 0 spiro atoms. The highest BCUT2D eigenvalue weighted by Crippen LogP contribution is 2.05. The molecule has 0 amide bonds. The van der Waals surface area contributed by atoms with E-state index in [1.54, 1.807) is 0 Å². The Kier molecular flexibility index (Phi) is 4.99. The van der Waals surface area contributed by atoms with Crippen molar-refractivity contribution < 1.29 is 0 Å². The fraction of sp³-hybridized carbons (Fsp3) is 0.308. The summed E-state index contributed by atoms with van der Waals surface area (Å²) >= 11 is 5.24. The van der Waals surface area contributed by atoms with Gasteiger partial charge in [0.1, 0.15) is 4.99 Å². The number of allylic oxidation sites excluding steroid dienone is 1. The Morgan fingerprint density at radius 1 is 1.25 bits per heavy atom. The van der Waals surface area contributed by atoms with Gasteiger partial charge < -0.3 is 10.6 Å². The quantitative estimate of drug-likeness (QED) is 0.617. The van der Waals surface area contributed by atoms with E-state index in [-0.39, 0.29) is 0 Å². The van der Waals surface area contributed by atoms with Crippen LogP contribution in [0.2, 0.25) is 0 Å². The molecule has 2 N–H and O–H groups in total. The van der Waals surface area contributed by atoms with E-state index in [1.807, 2.05) is 43.3 Å². The maximum Gasteiger partial charge on any atom is 0.105 e. The number of thiocarbonyl (C=S) groups is 1. The lowest BCUT2D eigenvalue weighted by atomic mass is 10.3. The highest BCUT2D eigenvalue weighted by molar-refractivity contribution is 7.81. The minimum Gasteiger partial charge on any atom is -0.386 e. The molecule has 16 heavy (non-hydrogen) atoms. The van der Waals surface area contributed by atoms with E-state index in [2.05, 4.69) is 24.5 Å². The van der Waals surface area contributed by atoms with Gasteiger partial charge >= 0.3 is 0 Å². The smallest absolute Gasteiger partial charge is 0.105 e. The molecule has 3 heteroatoms. The Morgan fingerprint density at radius 2 is 1.88 bits per heavy atom. The van der Waals surface area contributed by atoms with Gasteiger partial charge in [0.2, 0.25) is 0 Å². The minimum atomic E-state index is 0.427. The van der Waals surface area contributed by atoms with Crippen molar-refractivity contribution in [2.45, 2.75) is 26.8 Å². The maximum absolute atomic E-state index is 5.24. The molecule has 0 aliphatic heterocycles. The van der Waals surface area contributed by atoms with Crippen molar-refractivity contribution in [1.29, 1.82) is 0 Å². The van der Waals surface area contributed by atoms with Gasteiger partial charge in [-0.2, -0.15) is 0 Å². The number of nitrogens with one attached hydrogen (secondary N) is 2. The second-order valence-electron chi connectivity index (χ2n) is 3.98. The van der Waals surface area contributed by atoms with Crippen LogP contribution in [0.25, 0.3) is 0 Å². The zero-order valence-electron chi connectivity index (χ0n) is 9.95. The minimum absolute atomic E-state index is 0.427. The maximum atomic E-state index is 5.24. The number of rotatable bonds is 4. The number of benzene rings is 1. The summed E-state index contributed by atoms with van der Waals surface area (Å²) in [6.45, 7) is 6.22. The monoisotopic (exact) mass is 234 g/mol. The van der Waals surface area contributed by atoms with E-state index in [1.165, 1.54) is 0 Å². The standard InChI is InChI=1S/C13H18N2S/c1-10(2)14-11(3)9-13(16)15-12-7-5-4-6-8-12/h4-10,14H,1-3H3,(H,15,16). The molecule has 1 aromatic carbocycles. The second-order valence-corrected chi connectivity index (χ2v) is 4.42. The van der Waals surface area contributed by atoms with E-state index in [0.717, 1.165) is 16.4 Å². The van der Waals surface area contributed by atoms with Crippen molar-refractivity contribution in [3.05, 3.63) is 42.1 Å². The van der Waals surface area contributed by atoms with Crippen molar-refractivity contribution in [3.8, 4) is 0 Å². The second kappa shape index (κ2) is 6.28. The first-order valence-electron chi connectivity index (χ1n) is 5.39. The van der Waals surface area contributed by atoms with Gasteiger partial charge in [-0.3, -0.25) is 0 Å². The van der Waals surface area contributed by atoms with Crippen molar-refractivity contribution in [2.75, 3.05) is 5.32 Å². The van der Waals surface area contributed by atoms with Gasteiger partial charge in [0.25, 0.3) is 0 Å². The first-order chi connectivity index (χ1) is 7.58. The molecule has 0 radical (unpaired) electrons. The lowest BCUT2D eigenvalue weighted by Crippen LogP contribution is -2.21. The van der Waals surface area contributed by atoms with Gasteiger partial charge in [-0.1, -0.05) is 30.4 Å². The van der Waals surface area contributed by atoms with Crippen LogP contribution < -0.4 is 10.6 Å². The fourth-order valence-corrected chi connectivity index (χ4v) is 1.69. The van der Waals surface area contributed by atoms with Crippen molar-refractivity contribution in [2.24, 2.45) is 0 Å². The van der Waals surface area contributed by atoms with Gasteiger partial charge in [-0.25, -0.2) is 0 Å². The Balaban J connectivity index is 2.54. The highest BCUT2D eigenvalue weighted by Gasteiger charge is 1.96. The molecule has 1 aromatic rings. The average Bonchev–Trinajstić information content (AvgIpc) is 2.17. The van der Waals surface area contributed by atoms with Crippen molar-refractivity contribution in [3.63, 3.8) is 0 Å². The molecular weight excluding hydrogens is 216 g/mol. The first-order valence-corrected chi connectivity index (χ1v) is 5.79. The summed E-state index contributed by atoms with van der Waals surface area (Å²) in [7, 11) is 0. The van der Waals surface area contributed by atoms with E-state index in [0.29, 0.717) is 6.04 Å². The molecule has 0 saturated carbocycles. The molecular formula is C13H18N2S. The van der Waals surface area contributed by atoms with E-state index >= 15 is 0 Å². The number of hydrogen-bond acceptors (Lipinski definition) is 2. The van der Waals surface area contributed by atoms with Crippen LogP contribution in [0.4, 0.5) is 5.69 Å². The Labute approximate surface area is 103 Å². The third-order valence-electron chi connectivity index (χ3n) is 1.91. The normalized spacial score (nSPS) is 11.4. The molecule has 0 unspecified atom stereocenters. The van der Waals surface area contributed by atoms with E-state index < -0.39 is 0 Å². The van der Waals surface area contributed by atoms with E-state index in [4.69, 9.17) is 12.2 Å². The van der Waals surface area contributed by atoms with E-state index in [9.17, 15) is 0 Å². The molecule has 0 aliphatic carbocycles. The summed E-state index contributed by atoms with van der Waals surface area (Å²) in [6.07, 6.45) is 1.93. The van der Waals surface area contributed by atoms with Crippen LogP contribution >= 0.6 is 12.2 Å². The Hall–Kier alpha value is -1.35. The third-order valence-corrected chi connectivity index (χ3v) is 2.13. The number of para-hydroxylation sites is 1. The zero-order valence-corrected chi connectivity index (χ0v) is 10.8. The lowest BCUT2D eigenvalue weighted by Gasteiger charge is -2.11. The van der Waals surface area contributed by atoms with Gasteiger partial charge in [0.05, 0.1) is 0 Å². The summed E-state index contributed by atoms with van der Waals surface area (Å²) in [5.74, 6) is 0. The summed E-state index contributed by atoms with van der Waals surface area (Å²) in [4.78, 5) is 0.719. The predicted octanol–water partition coefficient (Wildman–Crippen LogP) is 3.33. The molecule has 1 rings (SSSR count). The Bertz CT molecular complexity index is 369. The summed E-state index contributed by atoms with van der Waals surface area (Å²) in [6, 6.07) is 10.4. The molecule has 0 atom stereocenters. The summed E-state index contributed by atoms with van der Waals surface area (Å²) in [5.41, 5.74) is 2.09. The number of anilines is 1. The fourth-order valence-electron chi connectivity index (χ4n) is 1.39. The van der Waals surface area contributed by atoms with Crippen molar-refractivity contribution >= 4 is 22.9 Å². The first kappa shape index (κ1) is 12.7. The van der Waals surface area contributed by atoms with Gasteiger partial charge in [-0.05, 0) is 39.0 Å². The Morgan fingerprint density at radius 3 is 2.44 bits per heavy atom. The zero-order chi connectivity index (χ0) is 12.0. The lowest BCUT2D eigenvalue weighted by molar-refractivity contribution is 0.670. The van der Waals surface area contributed by atoms with Crippen LogP contribution in [0.3, 0.4) is 0 Å². The third kappa shape index (κ3) is 4.94. The van der Waals surface area contributed by atoms with Crippen LogP contribution in [-0.4, -0.2) is 11.0 Å². The van der Waals surface area contributed by atoms with Gasteiger partial charge in [0, 0.05) is 17.4 Å². The van der Waals surface area contributed by atoms with Crippen LogP contribution in [0.15, 0.2) is 42.1 Å². The molecule has 0 fully saturated rings. The van der Waals surface area contributed by atoms with Crippen LogP contribution in [0, 0.1) is 0 Å². The molecule has 86 valence electrons. The summed E-state index contributed by atoms with van der Waals surface area (Å²) in [5, 5.41) is 6.45. The predicted molar refractivity (Wildman–Crippen MR) is 74.7 cm³/mol. The molecule has 0 aromatic heterocycles. The molecule has 0 heterocycles. The highest BCUT2D eigenvalue weighted by atomic mass is 32.1. The van der Waals surface area contributed by atoms with Gasteiger partial charge in [-0.15, -0.1) is 0 Å². The van der Waals surface area contributed by atoms with Crippen LogP contribution in [-0.2, 0) is 0 Å². The van der Waals surface area contributed by atoms with Gasteiger partial charge in [0.15, 0.2) is 0 Å². The van der Waals surface area contributed by atoms with Crippen LogP contribution in [0.1, 0.15) is 20.8 Å². The summed E-state index contributed by atoms with van der Waals surface area (Å²) < 4.78 is 0. The molecule has 0 aliphatic rings. The molecule has 0 bridgehead atoms. The molecule has 0 saturated heterocycles. The largest absolute Gasteiger partial charge is 0.386 e. The number of hydrogen-bond donors (Lipinski definition) is 2. The topological polar surface area (TPSA) is 24.1 Å².